The van der Waals surface area contributed by atoms with E-state index in [9.17, 15) is 19.4 Å². The Labute approximate surface area is 433 Å². The summed E-state index contributed by atoms with van der Waals surface area (Å²) in [6.45, 7) is 4.61. The van der Waals surface area contributed by atoms with Crippen LogP contribution in [-0.4, -0.2) is 68.5 Å². The van der Waals surface area contributed by atoms with Crippen molar-refractivity contribution < 1.29 is 32.9 Å². The molecule has 3 unspecified atom stereocenters. The van der Waals surface area contributed by atoms with Crippen LogP contribution in [-0.2, 0) is 18.4 Å². The van der Waals surface area contributed by atoms with Gasteiger partial charge in [-0.2, -0.15) is 0 Å². The average Bonchev–Trinajstić information content (AvgIpc) is 3.32. The molecule has 0 aliphatic heterocycles. The summed E-state index contributed by atoms with van der Waals surface area (Å²) in [6, 6.07) is -0.807. The molecule has 0 rings (SSSR count). The number of carbonyl (C=O) groups excluding carboxylic acids is 1. The normalized spacial score (nSPS) is 14.6. The van der Waals surface area contributed by atoms with Gasteiger partial charge in [0, 0.05) is 6.42 Å². The first-order valence-corrected chi connectivity index (χ1v) is 30.4. The van der Waals surface area contributed by atoms with Crippen LogP contribution in [0.4, 0.5) is 0 Å². The Hall–Kier alpha value is -2.32. The van der Waals surface area contributed by atoms with Crippen LogP contribution in [0, 0.1) is 0 Å². The van der Waals surface area contributed by atoms with Gasteiger partial charge in [-0.3, -0.25) is 9.36 Å². The van der Waals surface area contributed by atoms with Crippen LogP contribution in [0.2, 0.25) is 0 Å². The van der Waals surface area contributed by atoms with E-state index in [0.717, 1.165) is 83.5 Å². The van der Waals surface area contributed by atoms with E-state index < -0.39 is 20.0 Å². The summed E-state index contributed by atoms with van der Waals surface area (Å²) in [4.78, 5) is 25.5. The van der Waals surface area contributed by atoms with Gasteiger partial charge in [-0.15, -0.1) is 0 Å². The van der Waals surface area contributed by atoms with Crippen molar-refractivity contribution in [2.24, 2.45) is 0 Å². The number of rotatable bonds is 52. The number of aliphatic hydroxyl groups excluding tert-OH is 1. The topological polar surface area (TPSA) is 108 Å². The van der Waals surface area contributed by atoms with Crippen LogP contribution < -0.4 is 10.2 Å². The number of nitrogens with zero attached hydrogens (tertiary/aromatic N) is 1. The number of likely N-dealkylation sites (N-methyl/N-ethyl adjacent to an activating group) is 1. The molecule has 0 aliphatic rings. The van der Waals surface area contributed by atoms with Gasteiger partial charge in [0.15, 0.2) is 0 Å². The Morgan fingerprint density at radius 1 is 0.514 bits per heavy atom. The molecule has 3 atom stereocenters. The van der Waals surface area contributed by atoms with Gasteiger partial charge in [0.05, 0.1) is 39.9 Å². The first-order chi connectivity index (χ1) is 34.0. The number of phosphoric ester groups is 1. The summed E-state index contributed by atoms with van der Waals surface area (Å²) in [5.41, 5.74) is 0. The predicted molar refractivity (Wildman–Crippen MR) is 302 cm³/mol. The standard InChI is InChI=1S/C61H111N2O6P/c1-6-8-10-12-14-16-18-20-22-23-24-25-26-27-28-29-30-31-32-33-34-35-36-37-38-39-41-43-45-47-49-51-53-55-61(65)62-59(58-69-70(66,67)68-57-56-63(3,4)5)60(64)54-52-50-48-46-44-42-40-21-19-17-15-13-11-9-7-2/h8,10,14,16,20,22,24-25,27-28,30-31,33-34,59-60,64H,6-7,9,11-13,15,17-19,21,23,26,29,32,35-58H2,1-5H3,(H-,62,65,66,67)/b10-8-,16-14-,22-20-,25-24-,28-27-,31-30-,34-33-. The Morgan fingerprint density at radius 2 is 0.871 bits per heavy atom. The quantitative estimate of drug-likeness (QED) is 0.0272. The molecule has 0 aromatic carbocycles. The molecule has 0 radical (unpaired) electrons. The van der Waals surface area contributed by atoms with Gasteiger partial charge in [0.25, 0.3) is 7.82 Å². The van der Waals surface area contributed by atoms with Crippen LogP contribution in [0.3, 0.4) is 0 Å². The lowest BCUT2D eigenvalue weighted by Gasteiger charge is -2.30. The lowest BCUT2D eigenvalue weighted by molar-refractivity contribution is -0.870. The second-order valence-corrected chi connectivity index (χ2v) is 22.0. The maximum atomic E-state index is 13.0. The molecule has 406 valence electrons. The minimum absolute atomic E-state index is 0.00866. The zero-order chi connectivity index (χ0) is 51.3. The van der Waals surface area contributed by atoms with Gasteiger partial charge in [0.1, 0.15) is 13.2 Å². The predicted octanol–water partition coefficient (Wildman–Crippen LogP) is 17.0. The summed E-state index contributed by atoms with van der Waals surface area (Å²) < 4.78 is 23.4. The first-order valence-electron chi connectivity index (χ1n) is 28.9. The van der Waals surface area contributed by atoms with E-state index in [1.807, 2.05) is 21.1 Å². The Morgan fingerprint density at radius 3 is 1.27 bits per heavy atom. The number of hydrogen-bond donors (Lipinski definition) is 2. The van der Waals surface area contributed by atoms with E-state index in [0.29, 0.717) is 23.9 Å². The summed E-state index contributed by atoms with van der Waals surface area (Å²) in [5.74, 6) is -0.170. The molecule has 0 saturated carbocycles. The van der Waals surface area contributed by atoms with Crippen molar-refractivity contribution in [2.75, 3.05) is 40.9 Å². The lowest BCUT2D eigenvalue weighted by atomic mass is 10.0. The Bertz CT molecular complexity index is 1410. The fourth-order valence-corrected chi connectivity index (χ4v) is 8.86. The molecule has 0 aliphatic carbocycles. The molecule has 1 amide bonds. The third-order valence-corrected chi connectivity index (χ3v) is 13.6. The van der Waals surface area contributed by atoms with Gasteiger partial charge in [-0.1, -0.05) is 253 Å². The van der Waals surface area contributed by atoms with E-state index in [1.54, 1.807) is 0 Å². The maximum Gasteiger partial charge on any atom is 0.268 e. The number of carbonyl (C=O) groups is 1. The first kappa shape index (κ1) is 67.7. The van der Waals surface area contributed by atoms with Crippen molar-refractivity contribution in [2.45, 2.75) is 257 Å². The average molecular weight is 1000 g/mol. The minimum Gasteiger partial charge on any atom is -0.756 e. The fraction of sp³-hybridized carbons (Fsp3) is 0.754. The molecule has 8 nitrogen and oxygen atoms in total. The Balaban J connectivity index is 4.12. The molecule has 2 N–H and O–H groups in total. The Kier molecular flexibility index (Phi) is 49.9. The molecule has 0 saturated heterocycles. The van der Waals surface area contributed by atoms with Gasteiger partial charge in [0.2, 0.25) is 5.91 Å². The number of amides is 1. The molecule has 0 bridgehead atoms. The van der Waals surface area contributed by atoms with E-state index in [-0.39, 0.29) is 19.1 Å². The zero-order valence-corrected chi connectivity index (χ0v) is 47.1. The van der Waals surface area contributed by atoms with Crippen LogP contribution in [0.25, 0.3) is 0 Å². The highest BCUT2D eigenvalue weighted by Gasteiger charge is 2.24. The van der Waals surface area contributed by atoms with Crippen molar-refractivity contribution in [1.82, 2.24) is 5.32 Å². The third-order valence-electron chi connectivity index (χ3n) is 12.6. The highest BCUT2D eigenvalue weighted by atomic mass is 31.2. The number of phosphoric acid groups is 1. The highest BCUT2D eigenvalue weighted by molar-refractivity contribution is 7.45. The van der Waals surface area contributed by atoms with Gasteiger partial charge in [-0.25, -0.2) is 0 Å². The van der Waals surface area contributed by atoms with E-state index in [4.69, 9.17) is 9.05 Å². The van der Waals surface area contributed by atoms with E-state index in [2.05, 4.69) is 104 Å². The fourth-order valence-electron chi connectivity index (χ4n) is 8.14. The van der Waals surface area contributed by atoms with Crippen molar-refractivity contribution >= 4 is 13.7 Å². The van der Waals surface area contributed by atoms with Crippen molar-refractivity contribution in [1.29, 1.82) is 0 Å². The molecule has 0 heterocycles. The van der Waals surface area contributed by atoms with E-state index >= 15 is 0 Å². The van der Waals surface area contributed by atoms with Crippen molar-refractivity contribution in [3.63, 3.8) is 0 Å². The molecule has 70 heavy (non-hydrogen) atoms. The molecule has 0 spiro atoms. The van der Waals surface area contributed by atoms with Crippen LogP contribution in [0.1, 0.15) is 245 Å². The van der Waals surface area contributed by atoms with Gasteiger partial charge >= 0.3 is 0 Å². The molecule has 0 fully saturated rings. The maximum absolute atomic E-state index is 13.0. The van der Waals surface area contributed by atoms with Crippen LogP contribution in [0.15, 0.2) is 85.1 Å². The largest absolute Gasteiger partial charge is 0.756 e. The highest BCUT2D eigenvalue weighted by Crippen LogP contribution is 2.38. The summed E-state index contributed by atoms with van der Waals surface area (Å²) in [6.07, 6.45) is 71.8. The lowest BCUT2D eigenvalue weighted by Crippen LogP contribution is -2.46. The summed E-state index contributed by atoms with van der Waals surface area (Å²) >= 11 is 0. The third kappa shape index (κ3) is 53.5. The van der Waals surface area contributed by atoms with Crippen molar-refractivity contribution in [3.8, 4) is 0 Å². The zero-order valence-electron chi connectivity index (χ0n) is 46.2. The molecule has 0 aromatic heterocycles. The second-order valence-electron chi connectivity index (χ2n) is 20.6. The van der Waals surface area contributed by atoms with Crippen LogP contribution >= 0.6 is 7.82 Å². The number of quaternary nitrogens is 1. The van der Waals surface area contributed by atoms with Crippen LogP contribution in [0.5, 0.6) is 0 Å². The van der Waals surface area contributed by atoms with Gasteiger partial charge in [-0.05, 0) is 70.6 Å². The van der Waals surface area contributed by atoms with E-state index in [1.165, 1.54) is 135 Å². The molecule has 9 heteroatoms. The SMILES string of the molecule is CC/C=C\C/C=C\C/C=C\C/C=C\C/C=C\C/C=C\C/C=C\CCCCCCCCCCCCCC(=O)NC(COP(=O)([O-])OCC[N+](C)(C)C)C(O)CCCCCCCCCCCCCCCCC. The number of nitrogens with one attached hydrogen (secondary N) is 1. The molecular formula is C61H111N2O6P. The molecular weight excluding hydrogens is 888 g/mol. The van der Waals surface area contributed by atoms with Gasteiger partial charge < -0.3 is 28.8 Å². The number of aliphatic hydroxyl groups is 1. The monoisotopic (exact) mass is 999 g/mol. The second kappa shape index (κ2) is 51.6. The molecule has 0 aromatic rings. The number of allylic oxidation sites excluding steroid dienone is 14. The number of hydrogen-bond acceptors (Lipinski definition) is 6. The summed E-state index contributed by atoms with van der Waals surface area (Å²) in [5, 5.41) is 14.0. The summed E-state index contributed by atoms with van der Waals surface area (Å²) in [7, 11) is 1.30. The number of unbranched alkanes of at least 4 members (excludes halogenated alkanes) is 25. The van der Waals surface area contributed by atoms with Crippen molar-refractivity contribution in [3.05, 3.63) is 85.1 Å². The minimum atomic E-state index is -4.58. The smallest absolute Gasteiger partial charge is 0.268 e.